The lowest BCUT2D eigenvalue weighted by molar-refractivity contribution is -0.123. The van der Waals surface area contributed by atoms with Crippen LogP contribution in [0.1, 0.15) is 50.7 Å². The normalized spacial score (nSPS) is 16.1. The average Bonchev–Trinajstić information content (AvgIpc) is 3.20. The molecule has 0 spiro atoms. The van der Waals surface area contributed by atoms with Crippen molar-refractivity contribution in [2.75, 3.05) is 20.3 Å². The van der Waals surface area contributed by atoms with E-state index in [9.17, 15) is 9.59 Å². The minimum atomic E-state index is -0.478. The highest BCUT2D eigenvalue weighted by Crippen LogP contribution is 2.19. The zero-order valence-corrected chi connectivity index (χ0v) is 17.7. The van der Waals surface area contributed by atoms with Gasteiger partial charge in [-0.1, -0.05) is 30.6 Å². The molecule has 9 heteroatoms. The molecule has 1 aromatic carbocycles. The summed E-state index contributed by atoms with van der Waals surface area (Å²) in [6.45, 7) is 4.50. The van der Waals surface area contributed by atoms with Crippen LogP contribution >= 0.6 is 0 Å². The zero-order valence-electron chi connectivity index (χ0n) is 17.7. The largest absolute Gasteiger partial charge is 0.481 e. The summed E-state index contributed by atoms with van der Waals surface area (Å²) in [7, 11) is 1.46. The van der Waals surface area contributed by atoms with E-state index in [4.69, 9.17) is 19.7 Å². The molecule has 0 unspecified atom stereocenters. The van der Waals surface area contributed by atoms with Gasteiger partial charge in [-0.3, -0.25) is 10.2 Å². The van der Waals surface area contributed by atoms with Crippen LogP contribution in [0.4, 0.5) is 4.79 Å². The topological polar surface area (TPSA) is 122 Å². The minimum absolute atomic E-state index is 0.0960. The van der Waals surface area contributed by atoms with Crippen molar-refractivity contribution in [2.24, 2.45) is 5.16 Å². The first-order chi connectivity index (χ1) is 14.4. The Bertz CT molecular complexity index is 763. The molecule has 2 atom stereocenters. The summed E-state index contributed by atoms with van der Waals surface area (Å²) < 4.78 is 9.93. The number of amides is 2. The first kappa shape index (κ1) is 23.2. The number of unbranched alkanes of at least 4 members (excludes halogenated alkanes) is 1. The fourth-order valence-corrected chi connectivity index (χ4v) is 2.79. The van der Waals surface area contributed by atoms with Crippen molar-refractivity contribution >= 4 is 23.6 Å². The van der Waals surface area contributed by atoms with Crippen LogP contribution in [-0.4, -0.2) is 56.0 Å². The quantitative estimate of drug-likeness (QED) is 0.306. The Hall–Kier alpha value is -3.10. The van der Waals surface area contributed by atoms with Crippen LogP contribution < -0.4 is 10.6 Å². The molecule has 1 aromatic rings. The second kappa shape index (κ2) is 11.8. The highest BCUT2D eigenvalue weighted by atomic mass is 16.6. The molecular weight excluding hydrogens is 388 g/mol. The molecule has 2 rings (SSSR count). The maximum absolute atomic E-state index is 12.2. The number of nitrogens with one attached hydrogen (secondary N) is 3. The Balaban J connectivity index is 1.70. The summed E-state index contributed by atoms with van der Waals surface area (Å²) >= 11 is 0. The van der Waals surface area contributed by atoms with E-state index in [0.717, 1.165) is 24.1 Å². The molecule has 1 heterocycles. The molecule has 3 N–H and O–H groups in total. The molecule has 0 aromatic heterocycles. The standard InChI is InChI=1S/C21H30N4O5/c1-4-5-10-29-21(27)24-14(2)13-23-19(26)12-17-11-18(25-30-17)15-6-8-16(9-7-15)20(22)28-3/h6-9,14,17,22H,4-5,10-13H2,1-3H3,(H,23,26)(H,24,27)/t14-,17-/m1/s1. The molecule has 0 aliphatic carbocycles. The van der Waals surface area contributed by atoms with Crippen molar-refractivity contribution < 1.29 is 23.9 Å². The number of oxime groups is 1. The number of alkyl carbamates (subject to hydrolysis) is 1. The number of nitrogens with zero attached hydrogens (tertiary/aromatic N) is 1. The van der Waals surface area contributed by atoms with Crippen LogP contribution in [0.25, 0.3) is 0 Å². The Morgan fingerprint density at radius 1 is 1.33 bits per heavy atom. The van der Waals surface area contributed by atoms with E-state index in [0.29, 0.717) is 25.1 Å². The lowest BCUT2D eigenvalue weighted by atomic mass is 10.0. The van der Waals surface area contributed by atoms with E-state index in [-0.39, 0.29) is 30.4 Å². The van der Waals surface area contributed by atoms with Crippen LogP contribution in [0.2, 0.25) is 0 Å². The Morgan fingerprint density at radius 3 is 2.73 bits per heavy atom. The fraction of sp³-hybridized carbons (Fsp3) is 0.524. The maximum Gasteiger partial charge on any atom is 0.407 e. The molecule has 1 aliphatic rings. The van der Waals surface area contributed by atoms with Gasteiger partial charge in [-0.2, -0.15) is 0 Å². The van der Waals surface area contributed by atoms with Gasteiger partial charge in [0.15, 0.2) is 0 Å². The second-order valence-corrected chi connectivity index (χ2v) is 7.12. The van der Waals surface area contributed by atoms with Gasteiger partial charge in [-0.25, -0.2) is 4.79 Å². The van der Waals surface area contributed by atoms with Gasteiger partial charge in [-0.05, 0) is 31.0 Å². The van der Waals surface area contributed by atoms with Crippen LogP contribution in [0.15, 0.2) is 29.4 Å². The number of hydrogen-bond donors (Lipinski definition) is 3. The predicted octanol–water partition coefficient (Wildman–Crippen LogP) is 2.57. The minimum Gasteiger partial charge on any atom is -0.481 e. The Labute approximate surface area is 176 Å². The number of rotatable bonds is 10. The SMILES string of the molecule is CCCCOC(=O)N[C@H](C)CNC(=O)C[C@H]1CC(c2ccc(C(=N)OC)cc2)=NO1. The maximum atomic E-state index is 12.2. The van der Waals surface area contributed by atoms with Crippen LogP contribution in [-0.2, 0) is 19.1 Å². The molecular formula is C21H30N4O5. The van der Waals surface area contributed by atoms with Gasteiger partial charge in [-0.15, -0.1) is 0 Å². The van der Waals surface area contributed by atoms with Gasteiger partial charge in [0.2, 0.25) is 11.8 Å². The van der Waals surface area contributed by atoms with Crippen molar-refractivity contribution in [2.45, 2.75) is 51.7 Å². The average molecular weight is 418 g/mol. The predicted molar refractivity (Wildman–Crippen MR) is 113 cm³/mol. The van der Waals surface area contributed by atoms with Crippen molar-refractivity contribution in [3.05, 3.63) is 35.4 Å². The molecule has 164 valence electrons. The number of benzene rings is 1. The molecule has 9 nitrogen and oxygen atoms in total. The molecule has 1 aliphatic heterocycles. The van der Waals surface area contributed by atoms with Crippen molar-refractivity contribution in [3.63, 3.8) is 0 Å². The number of carbonyl (C=O) groups excluding carboxylic acids is 2. The summed E-state index contributed by atoms with van der Waals surface area (Å²) in [6, 6.07) is 7.02. The van der Waals surface area contributed by atoms with Crippen molar-refractivity contribution in [1.29, 1.82) is 5.41 Å². The van der Waals surface area contributed by atoms with Gasteiger partial charge in [0, 0.05) is 24.6 Å². The van der Waals surface area contributed by atoms with E-state index < -0.39 is 6.09 Å². The monoisotopic (exact) mass is 418 g/mol. The second-order valence-electron chi connectivity index (χ2n) is 7.12. The van der Waals surface area contributed by atoms with E-state index in [1.54, 1.807) is 19.1 Å². The summed E-state index contributed by atoms with van der Waals surface area (Å²) in [4.78, 5) is 29.2. The van der Waals surface area contributed by atoms with E-state index in [1.165, 1.54) is 7.11 Å². The van der Waals surface area contributed by atoms with E-state index in [2.05, 4.69) is 15.8 Å². The van der Waals surface area contributed by atoms with Gasteiger partial charge < -0.3 is 24.9 Å². The molecule has 0 saturated carbocycles. The third-order valence-corrected chi connectivity index (χ3v) is 4.53. The fourth-order valence-electron chi connectivity index (χ4n) is 2.79. The molecule has 0 fully saturated rings. The lowest BCUT2D eigenvalue weighted by Crippen LogP contribution is -2.42. The van der Waals surface area contributed by atoms with Crippen molar-refractivity contribution in [1.82, 2.24) is 10.6 Å². The molecule has 30 heavy (non-hydrogen) atoms. The smallest absolute Gasteiger partial charge is 0.407 e. The number of methoxy groups -OCH3 is 1. The molecule has 0 bridgehead atoms. The third kappa shape index (κ3) is 7.38. The Morgan fingerprint density at radius 2 is 2.07 bits per heavy atom. The van der Waals surface area contributed by atoms with Crippen LogP contribution in [0, 0.1) is 5.41 Å². The first-order valence-electron chi connectivity index (χ1n) is 10.1. The molecule has 2 amide bonds. The highest BCUT2D eigenvalue weighted by Gasteiger charge is 2.25. The van der Waals surface area contributed by atoms with Crippen LogP contribution in [0.3, 0.4) is 0 Å². The zero-order chi connectivity index (χ0) is 21.9. The third-order valence-electron chi connectivity index (χ3n) is 4.53. The summed E-state index contributed by atoms with van der Waals surface area (Å²) in [6.07, 6.45) is 1.66. The molecule has 0 radical (unpaired) electrons. The summed E-state index contributed by atoms with van der Waals surface area (Å²) in [5, 5.41) is 17.2. The number of hydrogen-bond acceptors (Lipinski definition) is 7. The number of carbonyl (C=O) groups is 2. The van der Waals surface area contributed by atoms with Crippen LogP contribution in [0.5, 0.6) is 0 Å². The van der Waals surface area contributed by atoms with E-state index in [1.807, 2.05) is 19.1 Å². The summed E-state index contributed by atoms with van der Waals surface area (Å²) in [5.41, 5.74) is 2.31. The first-order valence-corrected chi connectivity index (χ1v) is 10.1. The number of ether oxygens (including phenoxy) is 2. The van der Waals surface area contributed by atoms with Gasteiger partial charge in [0.1, 0.15) is 6.10 Å². The lowest BCUT2D eigenvalue weighted by Gasteiger charge is -2.15. The summed E-state index contributed by atoms with van der Waals surface area (Å²) in [5.74, 6) is -0.0769. The molecule has 0 saturated heterocycles. The van der Waals surface area contributed by atoms with Gasteiger partial charge >= 0.3 is 6.09 Å². The van der Waals surface area contributed by atoms with E-state index >= 15 is 0 Å². The Kier molecular flexibility index (Phi) is 9.11. The van der Waals surface area contributed by atoms with Gasteiger partial charge in [0.05, 0.1) is 25.8 Å². The van der Waals surface area contributed by atoms with Gasteiger partial charge in [0.25, 0.3) is 0 Å². The highest BCUT2D eigenvalue weighted by molar-refractivity contribution is 6.02. The van der Waals surface area contributed by atoms with Crippen molar-refractivity contribution in [3.8, 4) is 0 Å².